The predicted molar refractivity (Wildman–Crippen MR) is 101 cm³/mol. The van der Waals surface area contributed by atoms with E-state index >= 15 is 0 Å². The molecule has 0 radical (unpaired) electrons. The van der Waals surface area contributed by atoms with E-state index in [9.17, 15) is 9.59 Å². The van der Waals surface area contributed by atoms with Crippen LogP contribution in [0.15, 0.2) is 48.5 Å². The minimum absolute atomic E-state index is 0.0683. The highest BCUT2D eigenvalue weighted by molar-refractivity contribution is 7.13. The number of nitrogens with one attached hydrogen (secondary N) is 2. The van der Waals surface area contributed by atoms with Crippen LogP contribution in [0.3, 0.4) is 0 Å². The second-order valence-electron chi connectivity index (χ2n) is 5.81. The molecule has 0 spiro atoms. The largest absolute Gasteiger partial charge is 0.350 e. The van der Waals surface area contributed by atoms with Gasteiger partial charge in [0.1, 0.15) is 5.69 Å². The standard InChI is InChI=1S/C19H19N3O2S/c1-3-12(2)20-18(23)13-8-4-6-10-15(13)21-19(24)17-14-9-5-7-11-16(14)25-22-17/h4-12H,3H2,1-2H3,(H,20,23)(H,21,24)/t12-/m1/s1. The highest BCUT2D eigenvalue weighted by Crippen LogP contribution is 2.24. The average molecular weight is 353 g/mol. The molecule has 3 aromatic rings. The molecule has 128 valence electrons. The molecule has 5 nitrogen and oxygen atoms in total. The molecule has 6 heteroatoms. The molecule has 0 bridgehead atoms. The van der Waals surface area contributed by atoms with Crippen molar-refractivity contribution in [1.82, 2.24) is 9.69 Å². The number of benzene rings is 2. The molecule has 2 amide bonds. The molecule has 0 saturated heterocycles. The van der Waals surface area contributed by atoms with E-state index in [2.05, 4.69) is 15.0 Å². The summed E-state index contributed by atoms with van der Waals surface area (Å²) in [4.78, 5) is 25.1. The summed E-state index contributed by atoms with van der Waals surface area (Å²) in [6.07, 6.45) is 0.838. The molecule has 0 fully saturated rings. The number of fused-ring (bicyclic) bond motifs is 1. The first-order valence-electron chi connectivity index (χ1n) is 8.15. The maximum atomic E-state index is 12.6. The van der Waals surface area contributed by atoms with Crippen LogP contribution in [0.25, 0.3) is 10.1 Å². The van der Waals surface area contributed by atoms with E-state index in [0.29, 0.717) is 16.9 Å². The zero-order valence-corrected chi connectivity index (χ0v) is 14.9. The SMILES string of the molecule is CC[C@@H](C)NC(=O)c1ccccc1NC(=O)c1nsc2ccccc12. The quantitative estimate of drug-likeness (QED) is 0.726. The molecule has 0 aliphatic carbocycles. The maximum Gasteiger partial charge on any atom is 0.276 e. The van der Waals surface area contributed by atoms with E-state index < -0.39 is 0 Å². The Kier molecular flexibility index (Phi) is 5.09. The van der Waals surface area contributed by atoms with E-state index in [1.165, 1.54) is 11.5 Å². The number of hydrogen-bond acceptors (Lipinski definition) is 4. The first kappa shape index (κ1) is 17.1. The predicted octanol–water partition coefficient (Wildman–Crippen LogP) is 4.08. The number of aromatic nitrogens is 1. The summed E-state index contributed by atoms with van der Waals surface area (Å²) >= 11 is 1.28. The summed E-state index contributed by atoms with van der Waals surface area (Å²) in [5.41, 5.74) is 1.29. The molecule has 1 heterocycles. The van der Waals surface area contributed by atoms with Gasteiger partial charge in [-0.1, -0.05) is 37.3 Å². The molecule has 25 heavy (non-hydrogen) atoms. The van der Waals surface area contributed by atoms with Gasteiger partial charge in [0, 0.05) is 11.4 Å². The molecule has 0 aliphatic heterocycles. The van der Waals surface area contributed by atoms with Crippen LogP contribution in [-0.2, 0) is 0 Å². The Balaban J connectivity index is 1.86. The normalized spacial score (nSPS) is 11.9. The zero-order valence-electron chi connectivity index (χ0n) is 14.1. The van der Waals surface area contributed by atoms with Gasteiger partial charge in [-0.05, 0) is 43.1 Å². The summed E-state index contributed by atoms with van der Waals surface area (Å²) in [7, 11) is 0. The number of para-hydroxylation sites is 1. The van der Waals surface area contributed by atoms with Crippen LogP contribution in [0.1, 0.15) is 41.1 Å². The molecule has 3 rings (SSSR count). The summed E-state index contributed by atoms with van der Waals surface area (Å²) in [6, 6.07) is 14.6. The van der Waals surface area contributed by atoms with Crippen molar-refractivity contribution in [3.63, 3.8) is 0 Å². The number of rotatable bonds is 5. The third-order valence-corrected chi connectivity index (χ3v) is 4.83. The first-order chi connectivity index (χ1) is 12.1. The number of nitrogens with zero attached hydrogens (tertiary/aromatic N) is 1. The molecule has 0 aliphatic rings. The van der Waals surface area contributed by atoms with Crippen LogP contribution in [0.2, 0.25) is 0 Å². The lowest BCUT2D eigenvalue weighted by Gasteiger charge is -2.14. The van der Waals surface area contributed by atoms with Crippen molar-refractivity contribution in [2.75, 3.05) is 5.32 Å². The molecule has 0 saturated carbocycles. The summed E-state index contributed by atoms with van der Waals surface area (Å²) in [6.45, 7) is 3.95. The van der Waals surface area contributed by atoms with Crippen LogP contribution in [0.5, 0.6) is 0 Å². The van der Waals surface area contributed by atoms with Gasteiger partial charge in [-0.3, -0.25) is 9.59 Å². The number of hydrogen-bond donors (Lipinski definition) is 2. The Morgan fingerprint density at radius 3 is 2.60 bits per heavy atom. The molecular formula is C19H19N3O2S. The van der Waals surface area contributed by atoms with Crippen molar-refractivity contribution in [2.24, 2.45) is 0 Å². The second-order valence-corrected chi connectivity index (χ2v) is 6.61. The van der Waals surface area contributed by atoms with Crippen molar-refractivity contribution >= 4 is 39.1 Å². The summed E-state index contributed by atoms with van der Waals surface area (Å²) < 4.78 is 5.21. The lowest BCUT2D eigenvalue weighted by Crippen LogP contribution is -2.32. The van der Waals surface area contributed by atoms with Crippen molar-refractivity contribution in [2.45, 2.75) is 26.3 Å². The molecule has 0 unspecified atom stereocenters. The molecular weight excluding hydrogens is 334 g/mol. The van der Waals surface area contributed by atoms with E-state index in [1.54, 1.807) is 24.3 Å². The number of amides is 2. The van der Waals surface area contributed by atoms with Crippen molar-refractivity contribution in [3.8, 4) is 0 Å². The minimum Gasteiger partial charge on any atom is -0.350 e. The fourth-order valence-corrected chi connectivity index (χ4v) is 3.20. The Bertz CT molecular complexity index is 920. The lowest BCUT2D eigenvalue weighted by molar-refractivity contribution is 0.0940. The van der Waals surface area contributed by atoms with Gasteiger partial charge in [0.25, 0.3) is 11.8 Å². The van der Waals surface area contributed by atoms with Crippen LogP contribution >= 0.6 is 11.5 Å². The van der Waals surface area contributed by atoms with Crippen LogP contribution in [0.4, 0.5) is 5.69 Å². The smallest absolute Gasteiger partial charge is 0.276 e. The van der Waals surface area contributed by atoms with Gasteiger partial charge in [-0.25, -0.2) is 0 Å². The van der Waals surface area contributed by atoms with Gasteiger partial charge in [-0.15, -0.1) is 0 Å². The lowest BCUT2D eigenvalue weighted by atomic mass is 10.1. The van der Waals surface area contributed by atoms with Gasteiger partial charge < -0.3 is 10.6 Å². The Morgan fingerprint density at radius 2 is 1.80 bits per heavy atom. The van der Waals surface area contributed by atoms with Gasteiger partial charge in [-0.2, -0.15) is 4.37 Å². The summed E-state index contributed by atoms with van der Waals surface area (Å²) in [5.74, 6) is -0.519. The third kappa shape index (κ3) is 3.69. The van der Waals surface area contributed by atoms with Crippen LogP contribution in [-0.4, -0.2) is 22.2 Å². The molecule has 1 atom stereocenters. The average Bonchev–Trinajstić information content (AvgIpc) is 3.06. The van der Waals surface area contributed by atoms with Gasteiger partial charge in [0.05, 0.1) is 16.0 Å². The van der Waals surface area contributed by atoms with Gasteiger partial charge >= 0.3 is 0 Å². The van der Waals surface area contributed by atoms with Gasteiger partial charge in [0.2, 0.25) is 0 Å². The van der Waals surface area contributed by atoms with E-state index in [0.717, 1.165) is 16.5 Å². The zero-order chi connectivity index (χ0) is 17.8. The maximum absolute atomic E-state index is 12.6. The first-order valence-corrected chi connectivity index (χ1v) is 8.93. The second kappa shape index (κ2) is 7.44. The Hall–Kier alpha value is -2.73. The number of carbonyl (C=O) groups is 2. The van der Waals surface area contributed by atoms with Crippen molar-refractivity contribution in [3.05, 3.63) is 59.8 Å². The number of anilines is 1. The van der Waals surface area contributed by atoms with Crippen LogP contribution < -0.4 is 10.6 Å². The minimum atomic E-state index is -0.318. The van der Waals surface area contributed by atoms with E-state index in [1.807, 2.05) is 38.1 Å². The monoisotopic (exact) mass is 353 g/mol. The fraction of sp³-hybridized carbons (Fsp3) is 0.211. The van der Waals surface area contributed by atoms with E-state index in [-0.39, 0.29) is 17.9 Å². The highest BCUT2D eigenvalue weighted by atomic mass is 32.1. The third-order valence-electron chi connectivity index (χ3n) is 4.00. The van der Waals surface area contributed by atoms with E-state index in [4.69, 9.17) is 0 Å². The topological polar surface area (TPSA) is 71.1 Å². The highest BCUT2D eigenvalue weighted by Gasteiger charge is 2.18. The Morgan fingerprint density at radius 1 is 1.08 bits per heavy atom. The Labute approximate surface area is 150 Å². The molecule has 1 aromatic heterocycles. The summed E-state index contributed by atoms with van der Waals surface area (Å²) in [5, 5.41) is 6.55. The molecule has 2 N–H and O–H groups in total. The van der Waals surface area contributed by atoms with Gasteiger partial charge in [0.15, 0.2) is 0 Å². The van der Waals surface area contributed by atoms with Crippen LogP contribution in [0, 0.1) is 0 Å². The van der Waals surface area contributed by atoms with Crippen molar-refractivity contribution in [1.29, 1.82) is 0 Å². The van der Waals surface area contributed by atoms with Crippen molar-refractivity contribution < 1.29 is 9.59 Å². The molecule has 2 aromatic carbocycles. The number of carbonyl (C=O) groups excluding carboxylic acids is 2. The fourth-order valence-electron chi connectivity index (χ4n) is 2.42.